The van der Waals surface area contributed by atoms with Crippen LogP contribution in [0.15, 0.2) is 16.6 Å². The van der Waals surface area contributed by atoms with E-state index >= 15 is 0 Å². The van der Waals surface area contributed by atoms with Crippen molar-refractivity contribution in [3.05, 3.63) is 22.2 Å². The minimum Gasteiger partial charge on any atom is -0.495 e. The van der Waals surface area contributed by atoms with Gasteiger partial charge in [0.25, 0.3) is 0 Å². The summed E-state index contributed by atoms with van der Waals surface area (Å²) in [6.45, 7) is 2.38. The van der Waals surface area contributed by atoms with Gasteiger partial charge in [-0.25, -0.2) is 0 Å². The molecule has 0 radical (unpaired) electrons. The Morgan fingerprint density at radius 3 is 2.64 bits per heavy atom. The third-order valence-corrected chi connectivity index (χ3v) is 2.33. The van der Waals surface area contributed by atoms with Crippen molar-refractivity contribution in [3.8, 4) is 11.5 Å². The van der Waals surface area contributed by atoms with Crippen LogP contribution >= 0.6 is 15.9 Å². The van der Waals surface area contributed by atoms with Gasteiger partial charge >= 0.3 is 0 Å². The highest BCUT2D eigenvalue weighted by molar-refractivity contribution is 9.10. The van der Waals surface area contributed by atoms with Gasteiger partial charge in [-0.1, -0.05) is 0 Å². The van der Waals surface area contributed by atoms with Gasteiger partial charge in [-0.15, -0.1) is 0 Å². The van der Waals surface area contributed by atoms with Gasteiger partial charge in [-0.3, -0.25) is 4.79 Å². The molecule has 0 atom stereocenters. The monoisotopic (exact) mass is 258 g/mol. The SMILES string of the molecule is CCOc1cc(OC)c(Br)cc1C=O. The van der Waals surface area contributed by atoms with Crippen LogP contribution in [0, 0.1) is 0 Å². The maximum Gasteiger partial charge on any atom is 0.153 e. The summed E-state index contributed by atoms with van der Waals surface area (Å²) in [5.74, 6) is 1.20. The fourth-order valence-corrected chi connectivity index (χ4v) is 1.60. The van der Waals surface area contributed by atoms with Crippen molar-refractivity contribution in [2.24, 2.45) is 0 Å². The lowest BCUT2D eigenvalue weighted by atomic mass is 10.2. The lowest BCUT2D eigenvalue weighted by Crippen LogP contribution is -1.97. The number of benzene rings is 1. The molecule has 0 bridgehead atoms. The fourth-order valence-electron chi connectivity index (χ4n) is 1.08. The maximum atomic E-state index is 10.7. The third-order valence-electron chi connectivity index (χ3n) is 1.71. The molecule has 0 N–H and O–H groups in total. The highest BCUT2D eigenvalue weighted by atomic mass is 79.9. The summed E-state index contributed by atoms with van der Waals surface area (Å²) in [5, 5.41) is 0. The second-order valence-electron chi connectivity index (χ2n) is 2.58. The van der Waals surface area contributed by atoms with Crippen LogP contribution in [0.5, 0.6) is 11.5 Å². The highest BCUT2D eigenvalue weighted by Crippen LogP contribution is 2.31. The summed E-state index contributed by atoms with van der Waals surface area (Å²) in [5.41, 5.74) is 0.513. The Kier molecular flexibility index (Phi) is 3.95. The number of methoxy groups -OCH3 is 1. The van der Waals surface area contributed by atoms with E-state index in [0.717, 1.165) is 10.8 Å². The molecule has 1 rings (SSSR count). The van der Waals surface area contributed by atoms with Crippen LogP contribution in [0.4, 0.5) is 0 Å². The second-order valence-corrected chi connectivity index (χ2v) is 3.43. The molecule has 1 aromatic rings. The molecule has 0 spiro atoms. The van der Waals surface area contributed by atoms with Gasteiger partial charge in [0, 0.05) is 6.07 Å². The average Bonchev–Trinajstić information content (AvgIpc) is 2.20. The summed E-state index contributed by atoms with van der Waals surface area (Å²) in [4.78, 5) is 10.7. The Hall–Kier alpha value is -1.03. The number of halogens is 1. The zero-order valence-corrected chi connectivity index (χ0v) is 9.63. The molecular formula is C10H11BrO3. The molecule has 0 heterocycles. The van der Waals surface area contributed by atoms with Crippen molar-refractivity contribution in [1.29, 1.82) is 0 Å². The first-order valence-corrected chi connectivity index (χ1v) is 4.97. The van der Waals surface area contributed by atoms with Crippen LogP contribution in [-0.2, 0) is 0 Å². The van der Waals surface area contributed by atoms with Crippen molar-refractivity contribution >= 4 is 22.2 Å². The van der Waals surface area contributed by atoms with E-state index in [1.54, 1.807) is 19.2 Å². The van der Waals surface area contributed by atoms with E-state index in [1.807, 2.05) is 6.92 Å². The predicted molar refractivity (Wildman–Crippen MR) is 57.3 cm³/mol. The first kappa shape index (κ1) is 11.0. The molecule has 0 unspecified atom stereocenters. The van der Waals surface area contributed by atoms with E-state index in [1.165, 1.54) is 0 Å². The molecule has 0 aliphatic carbocycles. The Morgan fingerprint density at radius 1 is 1.43 bits per heavy atom. The van der Waals surface area contributed by atoms with Gasteiger partial charge < -0.3 is 9.47 Å². The van der Waals surface area contributed by atoms with Gasteiger partial charge in [-0.05, 0) is 28.9 Å². The number of rotatable bonds is 4. The summed E-state index contributed by atoms with van der Waals surface area (Å²) in [6.07, 6.45) is 0.759. The minimum absolute atomic E-state index is 0.513. The number of aldehydes is 1. The Morgan fingerprint density at radius 2 is 2.14 bits per heavy atom. The number of carbonyl (C=O) groups is 1. The molecule has 1 aromatic carbocycles. The van der Waals surface area contributed by atoms with Crippen LogP contribution in [0.3, 0.4) is 0 Å². The largest absolute Gasteiger partial charge is 0.495 e. The number of hydrogen-bond acceptors (Lipinski definition) is 3. The standard InChI is InChI=1S/C10H11BrO3/c1-3-14-9-5-10(13-2)8(11)4-7(9)6-12/h4-6H,3H2,1-2H3. The van der Waals surface area contributed by atoms with Crippen LogP contribution < -0.4 is 9.47 Å². The summed E-state index contributed by atoms with van der Waals surface area (Å²) < 4.78 is 11.1. The third kappa shape index (κ3) is 2.26. The smallest absolute Gasteiger partial charge is 0.153 e. The van der Waals surface area contributed by atoms with E-state index in [9.17, 15) is 4.79 Å². The van der Waals surface area contributed by atoms with Gasteiger partial charge in [0.2, 0.25) is 0 Å². The van der Waals surface area contributed by atoms with E-state index in [-0.39, 0.29) is 0 Å². The van der Waals surface area contributed by atoms with Gasteiger partial charge in [0.15, 0.2) is 6.29 Å². The quantitative estimate of drug-likeness (QED) is 0.780. The topological polar surface area (TPSA) is 35.5 Å². The summed E-state index contributed by atoms with van der Waals surface area (Å²) >= 11 is 3.29. The summed E-state index contributed by atoms with van der Waals surface area (Å²) in [6, 6.07) is 3.37. The number of ether oxygens (including phenoxy) is 2. The molecule has 3 nitrogen and oxygen atoms in total. The van der Waals surface area contributed by atoms with E-state index < -0.39 is 0 Å². The lowest BCUT2D eigenvalue weighted by molar-refractivity contribution is 0.111. The van der Waals surface area contributed by atoms with Crippen LogP contribution in [0.2, 0.25) is 0 Å². The molecule has 0 amide bonds. The first-order valence-electron chi connectivity index (χ1n) is 4.18. The predicted octanol–water partition coefficient (Wildman–Crippen LogP) is 2.67. The average molecular weight is 259 g/mol. The van der Waals surface area contributed by atoms with Gasteiger partial charge in [0.05, 0.1) is 23.8 Å². The van der Waals surface area contributed by atoms with Crippen LogP contribution in [-0.4, -0.2) is 20.0 Å². The van der Waals surface area contributed by atoms with E-state index in [0.29, 0.717) is 23.7 Å². The Balaban J connectivity index is 3.17. The molecule has 0 fully saturated rings. The molecular weight excluding hydrogens is 248 g/mol. The second kappa shape index (κ2) is 5.00. The van der Waals surface area contributed by atoms with Gasteiger partial charge in [-0.2, -0.15) is 0 Å². The maximum absolute atomic E-state index is 10.7. The van der Waals surface area contributed by atoms with Crippen molar-refractivity contribution in [2.75, 3.05) is 13.7 Å². The van der Waals surface area contributed by atoms with Crippen molar-refractivity contribution in [1.82, 2.24) is 0 Å². The van der Waals surface area contributed by atoms with Gasteiger partial charge in [0.1, 0.15) is 11.5 Å². The van der Waals surface area contributed by atoms with Crippen molar-refractivity contribution in [2.45, 2.75) is 6.92 Å². The fraction of sp³-hybridized carbons (Fsp3) is 0.300. The van der Waals surface area contributed by atoms with Crippen molar-refractivity contribution in [3.63, 3.8) is 0 Å². The Labute approximate surface area is 91.1 Å². The number of carbonyl (C=O) groups excluding carboxylic acids is 1. The molecule has 0 saturated heterocycles. The minimum atomic E-state index is 0.513. The van der Waals surface area contributed by atoms with E-state index in [4.69, 9.17) is 9.47 Å². The molecule has 0 aromatic heterocycles. The first-order chi connectivity index (χ1) is 6.72. The van der Waals surface area contributed by atoms with Crippen LogP contribution in [0.1, 0.15) is 17.3 Å². The molecule has 0 saturated carbocycles. The molecule has 0 aliphatic heterocycles. The zero-order chi connectivity index (χ0) is 10.6. The van der Waals surface area contributed by atoms with Crippen LogP contribution in [0.25, 0.3) is 0 Å². The lowest BCUT2D eigenvalue weighted by Gasteiger charge is -2.09. The Bertz CT molecular complexity index is 336. The number of hydrogen-bond donors (Lipinski definition) is 0. The zero-order valence-electron chi connectivity index (χ0n) is 8.04. The molecule has 76 valence electrons. The normalized spacial score (nSPS) is 9.64. The molecule has 4 heteroatoms. The van der Waals surface area contributed by atoms with Crippen molar-refractivity contribution < 1.29 is 14.3 Å². The highest BCUT2D eigenvalue weighted by Gasteiger charge is 2.08. The van der Waals surface area contributed by atoms with E-state index in [2.05, 4.69) is 15.9 Å². The molecule has 0 aliphatic rings. The molecule has 14 heavy (non-hydrogen) atoms. The summed E-state index contributed by atoms with van der Waals surface area (Å²) in [7, 11) is 1.57.